The summed E-state index contributed by atoms with van der Waals surface area (Å²) in [7, 11) is 0. The Balaban J connectivity index is 0.982. The van der Waals surface area contributed by atoms with Gasteiger partial charge in [-0.1, -0.05) is 59.8 Å². The minimum atomic E-state index is -0.156. The van der Waals surface area contributed by atoms with E-state index < -0.39 is 0 Å². The highest BCUT2D eigenvalue weighted by Gasteiger charge is 2.22. The van der Waals surface area contributed by atoms with Crippen molar-refractivity contribution in [1.29, 1.82) is 0 Å². The van der Waals surface area contributed by atoms with Crippen LogP contribution in [0.3, 0.4) is 0 Å². The molecule has 9 heteroatoms. The third-order valence-electron chi connectivity index (χ3n) is 7.08. The van der Waals surface area contributed by atoms with Crippen LogP contribution in [0, 0.1) is 6.92 Å². The van der Waals surface area contributed by atoms with E-state index in [-0.39, 0.29) is 17.6 Å². The van der Waals surface area contributed by atoms with E-state index in [0.717, 1.165) is 51.9 Å². The van der Waals surface area contributed by atoms with Gasteiger partial charge in [-0.15, -0.1) is 10.2 Å². The molecule has 0 atom stereocenters. The molecule has 6 rings (SSSR count). The molecule has 5 aromatic rings. The molecule has 0 unspecified atom stereocenters. The van der Waals surface area contributed by atoms with E-state index in [1.807, 2.05) is 96.8 Å². The molecule has 8 nitrogen and oxygen atoms in total. The molecule has 1 aliphatic heterocycles. The molecular formula is C32H29N5O3S. The number of carbonyl (C=O) groups excluding carboxylic acids is 2. The summed E-state index contributed by atoms with van der Waals surface area (Å²) < 4.78 is 5.79. The molecule has 1 aromatic heterocycles. The quantitative estimate of drug-likeness (QED) is 0.247. The lowest BCUT2D eigenvalue weighted by Gasteiger charge is -2.36. The first-order chi connectivity index (χ1) is 20.0. The molecule has 4 aromatic carbocycles. The van der Waals surface area contributed by atoms with Crippen molar-refractivity contribution in [1.82, 2.24) is 15.1 Å². The Morgan fingerprint density at radius 3 is 2.41 bits per heavy atom. The molecule has 1 fully saturated rings. The van der Waals surface area contributed by atoms with Crippen LogP contribution in [0.15, 0.2) is 101 Å². The number of nitrogens with zero attached hydrogens (tertiary/aromatic N) is 4. The highest BCUT2D eigenvalue weighted by atomic mass is 32.2. The average molecular weight is 564 g/mol. The summed E-state index contributed by atoms with van der Waals surface area (Å²) >= 11 is 1.20. The molecule has 2 amide bonds. The van der Waals surface area contributed by atoms with Crippen molar-refractivity contribution in [2.75, 3.05) is 42.1 Å². The summed E-state index contributed by atoms with van der Waals surface area (Å²) in [5.74, 6) is 0.499. The number of rotatable bonds is 7. The second-order valence-corrected chi connectivity index (χ2v) is 10.9. The van der Waals surface area contributed by atoms with Gasteiger partial charge in [0.1, 0.15) is 0 Å². The predicted molar refractivity (Wildman–Crippen MR) is 162 cm³/mol. The molecule has 0 saturated carbocycles. The number of thioether (sulfide) groups is 1. The van der Waals surface area contributed by atoms with Crippen molar-refractivity contribution in [3.8, 4) is 11.5 Å². The second-order valence-electron chi connectivity index (χ2n) is 9.97. The molecule has 2 heterocycles. The first-order valence-electron chi connectivity index (χ1n) is 13.5. The van der Waals surface area contributed by atoms with Crippen molar-refractivity contribution in [2.45, 2.75) is 12.1 Å². The van der Waals surface area contributed by atoms with Crippen LogP contribution in [-0.4, -0.2) is 58.8 Å². The molecule has 1 saturated heterocycles. The molecule has 1 N–H and O–H groups in total. The fourth-order valence-electron chi connectivity index (χ4n) is 4.92. The van der Waals surface area contributed by atoms with E-state index in [9.17, 15) is 9.59 Å². The van der Waals surface area contributed by atoms with Gasteiger partial charge in [-0.2, -0.15) is 0 Å². The van der Waals surface area contributed by atoms with Crippen molar-refractivity contribution in [2.24, 2.45) is 0 Å². The van der Waals surface area contributed by atoms with E-state index in [4.69, 9.17) is 4.42 Å². The molecule has 0 spiro atoms. The summed E-state index contributed by atoms with van der Waals surface area (Å²) in [6, 6.07) is 29.6. The lowest BCUT2D eigenvalue weighted by Crippen LogP contribution is -2.48. The Kier molecular flexibility index (Phi) is 7.69. The Bertz CT molecular complexity index is 1690. The fourth-order valence-corrected chi connectivity index (χ4v) is 5.48. The lowest BCUT2D eigenvalue weighted by atomic mass is 10.1. The number of carbonyl (C=O) groups is 2. The summed E-state index contributed by atoms with van der Waals surface area (Å²) in [5, 5.41) is 13.7. The Morgan fingerprint density at radius 1 is 0.854 bits per heavy atom. The van der Waals surface area contributed by atoms with Crippen LogP contribution in [0.1, 0.15) is 15.9 Å². The van der Waals surface area contributed by atoms with Crippen LogP contribution >= 0.6 is 11.8 Å². The highest BCUT2D eigenvalue weighted by Crippen LogP contribution is 2.27. The van der Waals surface area contributed by atoms with Gasteiger partial charge in [-0.3, -0.25) is 9.59 Å². The minimum absolute atomic E-state index is 0.0784. The molecule has 206 valence electrons. The van der Waals surface area contributed by atoms with Gasteiger partial charge in [-0.05, 0) is 66.2 Å². The van der Waals surface area contributed by atoms with E-state index in [1.165, 1.54) is 11.8 Å². The molecule has 41 heavy (non-hydrogen) atoms. The zero-order valence-corrected chi connectivity index (χ0v) is 23.4. The average Bonchev–Trinajstić information content (AvgIpc) is 3.49. The van der Waals surface area contributed by atoms with Gasteiger partial charge in [0.25, 0.3) is 11.1 Å². The van der Waals surface area contributed by atoms with Crippen LogP contribution in [-0.2, 0) is 4.79 Å². The number of piperazine rings is 1. The Morgan fingerprint density at radius 2 is 1.63 bits per heavy atom. The number of hydrogen-bond acceptors (Lipinski definition) is 7. The van der Waals surface area contributed by atoms with Crippen molar-refractivity contribution < 1.29 is 14.0 Å². The number of amides is 2. The molecule has 1 aliphatic rings. The van der Waals surface area contributed by atoms with Gasteiger partial charge in [0.2, 0.25) is 11.8 Å². The summed E-state index contributed by atoms with van der Waals surface area (Å²) in [4.78, 5) is 29.6. The SMILES string of the molecule is Cc1cccc(C(=O)N2CCN(c3ccc(NC(=O)CSc4nnc(-c5ccc6ccccc6c5)o4)cc3)CC2)c1. The summed E-state index contributed by atoms with van der Waals surface area (Å²) in [6.45, 7) is 4.84. The number of aromatic nitrogens is 2. The van der Waals surface area contributed by atoms with Gasteiger partial charge in [0, 0.05) is 48.7 Å². The second kappa shape index (κ2) is 11.9. The van der Waals surface area contributed by atoms with Gasteiger partial charge < -0.3 is 19.5 Å². The topological polar surface area (TPSA) is 91.6 Å². The van der Waals surface area contributed by atoms with Crippen LogP contribution in [0.2, 0.25) is 0 Å². The van der Waals surface area contributed by atoms with E-state index in [1.54, 1.807) is 0 Å². The number of nitrogens with one attached hydrogen (secondary N) is 1. The predicted octanol–water partition coefficient (Wildman–Crippen LogP) is 5.89. The van der Waals surface area contributed by atoms with Crippen molar-refractivity contribution >= 4 is 45.7 Å². The fraction of sp³-hybridized carbons (Fsp3) is 0.188. The maximum atomic E-state index is 12.8. The standard InChI is InChI=1S/C32H29N5O3S/c1-22-5-4-8-26(19-22)31(39)37-17-15-36(16-18-37)28-13-11-27(12-14-28)33-29(38)21-41-32-35-34-30(40-32)25-10-9-23-6-2-3-7-24(23)20-25/h2-14,19-20H,15-18,21H2,1H3,(H,33,38). The number of hydrogen-bond donors (Lipinski definition) is 1. The molecular weight excluding hydrogens is 534 g/mol. The van der Waals surface area contributed by atoms with Gasteiger partial charge in [0.15, 0.2) is 0 Å². The summed E-state index contributed by atoms with van der Waals surface area (Å²) in [5.41, 5.74) is 4.44. The number of anilines is 2. The Hall–Kier alpha value is -4.63. The largest absolute Gasteiger partial charge is 0.411 e. The minimum Gasteiger partial charge on any atom is -0.411 e. The monoisotopic (exact) mass is 563 g/mol. The maximum Gasteiger partial charge on any atom is 0.277 e. The molecule has 0 aliphatic carbocycles. The number of benzene rings is 4. The zero-order chi connectivity index (χ0) is 28.2. The smallest absolute Gasteiger partial charge is 0.277 e. The van der Waals surface area contributed by atoms with Gasteiger partial charge in [0.05, 0.1) is 5.75 Å². The maximum absolute atomic E-state index is 12.8. The van der Waals surface area contributed by atoms with Crippen molar-refractivity contribution in [3.05, 3.63) is 102 Å². The van der Waals surface area contributed by atoms with Crippen LogP contribution in [0.25, 0.3) is 22.2 Å². The third-order valence-corrected chi connectivity index (χ3v) is 7.90. The van der Waals surface area contributed by atoms with Crippen LogP contribution < -0.4 is 10.2 Å². The molecule has 0 bridgehead atoms. The number of fused-ring (bicyclic) bond motifs is 1. The molecule has 0 radical (unpaired) electrons. The first-order valence-corrected chi connectivity index (χ1v) is 14.5. The van der Waals surface area contributed by atoms with E-state index >= 15 is 0 Å². The van der Waals surface area contributed by atoms with Crippen LogP contribution in [0.5, 0.6) is 0 Å². The normalized spacial score (nSPS) is 13.4. The van der Waals surface area contributed by atoms with Gasteiger partial charge >= 0.3 is 0 Å². The van der Waals surface area contributed by atoms with E-state index in [0.29, 0.717) is 24.2 Å². The first kappa shape index (κ1) is 26.6. The Labute approximate surface area is 242 Å². The zero-order valence-electron chi connectivity index (χ0n) is 22.6. The highest BCUT2D eigenvalue weighted by molar-refractivity contribution is 7.99. The van der Waals surface area contributed by atoms with E-state index in [2.05, 4.69) is 26.5 Å². The number of aryl methyl sites for hydroxylation is 1. The van der Waals surface area contributed by atoms with Gasteiger partial charge in [-0.25, -0.2) is 0 Å². The summed E-state index contributed by atoms with van der Waals surface area (Å²) in [6.07, 6.45) is 0. The van der Waals surface area contributed by atoms with Crippen molar-refractivity contribution in [3.63, 3.8) is 0 Å². The van der Waals surface area contributed by atoms with Crippen LogP contribution in [0.4, 0.5) is 11.4 Å². The third kappa shape index (κ3) is 6.25. The lowest BCUT2D eigenvalue weighted by molar-refractivity contribution is -0.113.